The second kappa shape index (κ2) is 6.33. The minimum Gasteiger partial charge on any atom is -0.491 e. The fourth-order valence-corrected chi connectivity index (χ4v) is 2.30. The third kappa shape index (κ3) is 4.09. The Labute approximate surface area is 124 Å². The molecule has 0 saturated heterocycles. The molecular weight excluding hydrogens is 273 g/mol. The highest BCUT2D eigenvalue weighted by Gasteiger charge is 2.27. The maximum absolute atomic E-state index is 14.1. The highest BCUT2D eigenvalue weighted by Crippen LogP contribution is 2.35. The Morgan fingerprint density at radius 1 is 1.48 bits per heavy atom. The molecule has 1 fully saturated rings. The Balaban J connectivity index is 2.26. The van der Waals surface area contributed by atoms with Gasteiger partial charge in [0.1, 0.15) is 11.6 Å². The molecule has 2 rings (SSSR count). The van der Waals surface area contributed by atoms with E-state index in [-0.39, 0.29) is 17.2 Å². The van der Waals surface area contributed by atoms with Crippen LogP contribution in [0.2, 0.25) is 0 Å². The van der Waals surface area contributed by atoms with Crippen molar-refractivity contribution in [2.24, 2.45) is 11.8 Å². The van der Waals surface area contributed by atoms with Crippen LogP contribution in [0.5, 0.6) is 5.75 Å². The summed E-state index contributed by atoms with van der Waals surface area (Å²) in [4.78, 5) is 11.4. The van der Waals surface area contributed by atoms with Gasteiger partial charge < -0.3 is 15.6 Å². The molecule has 1 aliphatic carbocycles. The van der Waals surface area contributed by atoms with Gasteiger partial charge in [0.05, 0.1) is 18.2 Å². The SMILES string of the molecule is CC(C)CC(C(=O)O)c1cc(OCC2CC2)c(N)cc1F. The van der Waals surface area contributed by atoms with Crippen molar-refractivity contribution < 1.29 is 19.0 Å². The van der Waals surface area contributed by atoms with Crippen LogP contribution in [0.1, 0.15) is 44.6 Å². The molecular formula is C16H22FNO3. The first-order chi connectivity index (χ1) is 9.88. The lowest BCUT2D eigenvalue weighted by atomic mass is 9.89. The zero-order valence-corrected chi connectivity index (χ0v) is 12.4. The van der Waals surface area contributed by atoms with Gasteiger partial charge in [0.25, 0.3) is 0 Å². The van der Waals surface area contributed by atoms with E-state index in [4.69, 9.17) is 10.5 Å². The summed E-state index contributed by atoms with van der Waals surface area (Å²) >= 11 is 0. The van der Waals surface area contributed by atoms with Crippen LogP contribution in [0.25, 0.3) is 0 Å². The number of aliphatic carboxylic acids is 1. The van der Waals surface area contributed by atoms with Crippen LogP contribution < -0.4 is 10.5 Å². The van der Waals surface area contributed by atoms with E-state index in [0.29, 0.717) is 24.7 Å². The third-order valence-electron chi connectivity index (χ3n) is 3.68. The normalized spacial score (nSPS) is 16.0. The molecule has 1 aliphatic rings. The van der Waals surface area contributed by atoms with Gasteiger partial charge in [-0.3, -0.25) is 4.79 Å². The smallest absolute Gasteiger partial charge is 0.311 e. The number of halogens is 1. The van der Waals surface area contributed by atoms with E-state index >= 15 is 0 Å². The zero-order chi connectivity index (χ0) is 15.6. The van der Waals surface area contributed by atoms with Crippen LogP contribution in [0, 0.1) is 17.7 Å². The van der Waals surface area contributed by atoms with Gasteiger partial charge in [-0.15, -0.1) is 0 Å². The number of nitrogen functional groups attached to an aromatic ring is 1. The maximum atomic E-state index is 14.1. The average Bonchev–Trinajstić information content (AvgIpc) is 3.19. The highest BCUT2D eigenvalue weighted by atomic mass is 19.1. The molecule has 0 bridgehead atoms. The number of ether oxygens (including phenoxy) is 1. The molecule has 4 nitrogen and oxygen atoms in total. The molecule has 3 N–H and O–H groups in total. The number of benzene rings is 1. The summed E-state index contributed by atoms with van der Waals surface area (Å²) in [6.45, 7) is 4.38. The lowest BCUT2D eigenvalue weighted by molar-refractivity contribution is -0.139. The lowest BCUT2D eigenvalue weighted by Gasteiger charge is -2.18. The van der Waals surface area contributed by atoms with Gasteiger partial charge in [-0.2, -0.15) is 0 Å². The molecule has 1 aromatic carbocycles. The first kappa shape index (κ1) is 15.6. The first-order valence-corrected chi connectivity index (χ1v) is 7.33. The molecule has 0 amide bonds. The lowest BCUT2D eigenvalue weighted by Crippen LogP contribution is -2.16. The summed E-state index contributed by atoms with van der Waals surface area (Å²) in [6.07, 6.45) is 2.65. The van der Waals surface area contributed by atoms with Gasteiger partial charge in [-0.05, 0) is 37.2 Å². The topological polar surface area (TPSA) is 72.5 Å². The Morgan fingerprint density at radius 2 is 2.14 bits per heavy atom. The average molecular weight is 295 g/mol. The standard InChI is InChI=1S/C16H22FNO3/c1-9(2)5-12(16(19)20)11-6-15(14(18)7-13(11)17)21-8-10-3-4-10/h6-7,9-10,12H,3-5,8,18H2,1-2H3,(H,19,20). The van der Waals surface area contributed by atoms with Crippen molar-refractivity contribution in [3.8, 4) is 5.75 Å². The van der Waals surface area contributed by atoms with Gasteiger partial charge in [0.2, 0.25) is 0 Å². The van der Waals surface area contributed by atoms with Crippen LogP contribution in [-0.4, -0.2) is 17.7 Å². The number of carbonyl (C=O) groups is 1. The number of rotatable bonds is 7. The van der Waals surface area contributed by atoms with Crippen LogP contribution in [0.15, 0.2) is 12.1 Å². The molecule has 1 atom stereocenters. The van der Waals surface area contributed by atoms with Crippen LogP contribution in [0.3, 0.4) is 0 Å². The van der Waals surface area contributed by atoms with E-state index in [1.54, 1.807) is 0 Å². The fraction of sp³-hybridized carbons (Fsp3) is 0.562. The maximum Gasteiger partial charge on any atom is 0.311 e. The zero-order valence-electron chi connectivity index (χ0n) is 12.4. The molecule has 0 radical (unpaired) electrons. The summed E-state index contributed by atoms with van der Waals surface area (Å²) in [5.74, 6) is -1.41. The molecule has 1 saturated carbocycles. The van der Waals surface area contributed by atoms with E-state index in [1.807, 2.05) is 13.8 Å². The number of nitrogens with two attached hydrogens (primary N) is 1. The van der Waals surface area contributed by atoms with Gasteiger partial charge in [0, 0.05) is 11.6 Å². The fourth-order valence-electron chi connectivity index (χ4n) is 2.30. The highest BCUT2D eigenvalue weighted by molar-refractivity contribution is 5.77. The summed E-state index contributed by atoms with van der Waals surface area (Å²) in [5.41, 5.74) is 6.12. The van der Waals surface area contributed by atoms with Crippen molar-refractivity contribution in [1.82, 2.24) is 0 Å². The second-order valence-electron chi connectivity index (χ2n) is 6.19. The van der Waals surface area contributed by atoms with Crippen molar-refractivity contribution in [2.45, 2.75) is 39.0 Å². The van der Waals surface area contributed by atoms with Gasteiger partial charge in [0.15, 0.2) is 0 Å². The Kier molecular flexibility index (Phi) is 4.70. The van der Waals surface area contributed by atoms with Gasteiger partial charge in [-0.1, -0.05) is 13.8 Å². The molecule has 1 unspecified atom stereocenters. The first-order valence-electron chi connectivity index (χ1n) is 7.33. The predicted octanol–water partition coefficient (Wildman–Crippen LogP) is 3.41. The summed E-state index contributed by atoms with van der Waals surface area (Å²) < 4.78 is 19.7. The quantitative estimate of drug-likeness (QED) is 0.756. The van der Waals surface area contributed by atoms with Crippen LogP contribution in [-0.2, 0) is 4.79 Å². The van der Waals surface area contributed by atoms with Crippen molar-refractivity contribution in [3.05, 3.63) is 23.5 Å². The largest absolute Gasteiger partial charge is 0.491 e. The van der Waals surface area contributed by atoms with Crippen molar-refractivity contribution >= 4 is 11.7 Å². The molecule has 1 aromatic rings. The molecule has 0 heterocycles. The van der Waals surface area contributed by atoms with E-state index in [2.05, 4.69) is 0 Å². The Hall–Kier alpha value is -1.78. The molecule has 0 aliphatic heterocycles. The molecule has 0 aromatic heterocycles. The third-order valence-corrected chi connectivity index (χ3v) is 3.68. The number of hydrogen-bond acceptors (Lipinski definition) is 3. The number of hydrogen-bond donors (Lipinski definition) is 2. The number of carboxylic acids is 1. The van der Waals surface area contributed by atoms with Gasteiger partial charge in [-0.25, -0.2) is 4.39 Å². The monoisotopic (exact) mass is 295 g/mol. The Bertz CT molecular complexity index is 526. The van der Waals surface area contributed by atoms with Crippen LogP contribution >= 0.6 is 0 Å². The molecule has 116 valence electrons. The van der Waals surface area contributed by atoms with Gasteiger partial charge >= 0.3 is 5.97 Å². The van der Waals surface area contributed by atoms with E-state index in [9.17, 15) is 14.3 Å². The summed E-state index contributed by atoms with van der Waals surface area (Å²) in [7, 11) is 0. The molecule has 0 spiro atoms. The van der Waals surface area contributed by atoms with E-state index in [1.165, 1.54) is 6.07 Å². The second-order valence-corrected chi connectivity index (χ2v) is 6.19. The van der Waals surface area contributed by atoms with Crippen LogP contribution in [0.4, 0.5) is 10.1 Å². The molecule has 5 heteroatoms. The number of anilines is 1. The minimum atomic E-state index is -1.03. The molecule has 21 heavy (non-hydrogen) atoms. The summed E-state index contributed by atoms with van der Waals surface area (Å²) in [5, 5.41) is 9.35. The number of carboxylic acid groups (broad SMARTS) is 1. The van der Waals surface area contributed by atoms with E-state index in [0.717, 1.165) is 18.9 Å². The summed E-state index contributed by atoms with van der Waals surface area (Å²) in [6, 6.07) is 2.61. The minimum absolute atomic E-state index is 0.149. The van der Waals surface area contributed by atoms with Crippen molar-refractivity contribution in [2.75, 3.05) is 12.3 Å². The predicted molar refractivity (Wildman–Crippen MR) is 78.9 cm³/mol. The van der Waals surface area contributed by atoms with Crippen molar-refractivity contribution in [1.29, 1.82) is 0 Å². The van der Waals surface area contributed by atoms with Crippen molar-refractivity contribution in [3.63, 3.8) is 0 Å². The Morgan fingerprint density at radius 3 is 2.67 bits per heavy atom. The van der Waals surface area contributed by atoms with E-state index < -0.39 is 17.7 Å².